The lowest BCUT2D eigenvalue weighted by atomic mass is 10.1. The number of H-pyrrole nitrogens is 1. The highest BCUT2D eigenvalue weighted by Crippen LogP contribution is 2.43. The normalized spacial score (nSPS) is 12.2. The molecule has 0 aliphatic rings. The number of benzene rings is 1. The van der Waals surface area contributed by atoms with Crippen molar-refractivity contribution < 1.29 is 23.3 Å². The summed E-state index contributed by atoms with van der Waals surface area (Å²) in [7, 11) is 2.48. The zero-order chi connectivity index (χ0) is 20.7. The number of esters is 1. The fraction of sp³-hybridized carbons (Fsp3) is 0.389. The van der Waals surface area contributed by atoms with Gasteiger partial charge in [-0.05, 0) is 18.1 Å². The topological polar surface area (TPSA) is 109 Å². The number of nitrogens with zero attached hydrogens (tertiary/aromatic N) is 1. The number of hydrogen-bond acceptors (Lipinski definition) is 7. The predicted octanol–water partition coefficient (Wildman–Crippen LogP) is 1.51. The van der Waals surface area contributed by atoms with Crippen LogP contribution in [-0.2, 0) is 36.5 Å². The second-order valence-electron chi connectivity index (χ2n) is 5.81. The van der Waals surface area contributed by atoms with Crippen LogP contribution in [-0.4, -0.2) is 42.7 Å². The number of aromatic nitrogens is 2. The van der Waals surface area contributed by atoms with Crippen LogP contribution in [0.15, 0.2) is 40.1 Å². The molecule has 1 aromatic carbocycles. The van der Waals surface area contributed by atoms with Crippen molar-refractivity contribution in [1.29, 1.82) is 0 Å². The first kappa shape index (κ1) is 22.0. The van der Waals surface area contributed by atoms with Gasteiger partial charge in [0.15, 0.2) is 0 Å². The number of carbonyl (C=O) groups is 1. The van der Waals surface area contributed by atoms with Crippen LogP contribution in [0.1, 0.15) is 16.7 Å². The summed E-state index contributed by atoms with van der Waals surface area (Å²) in [5.41, 5.74) is 1.10. The van der Waals surface area contributed by atoms with Gasteiger partial charge in [-0.3, -0.25) is 14.3 Å². The SMILES string of the molecule is COC(=O)C(OCc1ccccc1Cn1cc(C)c(=O)[nH]c1=O)P(OC)OC. The van der Waals surface area contributed by atoms with E-state index in [-0.39, 0.29) is 13.2 Å². The monoisotopic (exact) mass is 410 g/mol. The smallest absolute Gasteiger partial charge is 0.344 e. The number of aromatic amines is 1. The minimum Gasteiger partial charge on any atom is -0.467 e. The second kappa shape index (κ2) is 10.3. The molecule has 1 heterocycles. The van der Waals surface area contributed by atoms with Crippen LogP contribution in [0.3, 0.4) is 0 Å². The van der Waals surface area contributed by atoms with Crippen molar-refractivity contribution in [2.75, 3.05) is 21.3 Å². The molecule has 0 aliphatic heterocycles. The van der Waals surface area contributed by atoms with Crippen LogP contribution < -0.4 is 11.2 Å². The van der Waals surface area contributed by atoms with Gasteiger partial charge in [-0.2, -0.15) is 0 Å². The third-order valence-corrected chi connectivity index (χ3v) is 5.46. The molecule has 0 aliphatic carbocycles. The number of aryl methyl sites for hydroxylation is 1. The van der Waals surface area contributed by atoms with Crippen molar-refractivity contribution in [3.8, 4) is 0 Å². The van der Waals surface area contributed by atoms with E-state index < -0.39 is 31.4 Å². The van der Waals surface area contributed by atoms with Gasteiger partial charge < -0.3 is 18.5 Å². The van der Waals surface area contributed by atoms with E-state index in [1.807, 2.05) is 24.3 Å². The molecular weight excluding hydrogens is 387 g/mol. The molecule has 0 saturated carbocycles. The molecule has 0 fully saturated rings. The first-order chi connectivity index (χ1) is 13.4. The minimum atomic E-state index is -1.62. The summed E-state index contributed by atoms with van der Waals surface area (Å²) in [5, 5.41) is 0. The molecule has 1 unspecified atom stereocenters. The molecule has 0 amide bonds. The molecule has 2 rings (SSSR count). The van der Waals surface area contributed by atoms with Crippen molar-refractivity contribution >= 4 is 14.3 Å². The van der Waals surface area contributed by atoms with Gasteiger partial charge in [-0.25, -0.2) is 9.59 Å². The lowest BCUT2D eigenvalue weighted by Gasteiger charge is -2.22. The van der Waals surface area contributed by atoms with E-state index in [2.05, 4.69) is 4.98 Å². The van der Waals surface area contributed by atoms with Gasteiger partial charge >= 0.3 is 11.7 Å². The van der Waals surface area contributed by atoms with Crippen LogP contribution in [0, 0.1) is 6.92 Å². The molecule has 1 atom stereocenters. The Bertz CT molecular complexity index is 921. The highest BCUT2D eigenvalue weighted by atomic mass is 31.2. The first-order valence-electron chi connectivity index (χ1n) is 8.35. The Morgan fingerprint density at radius 3 is 2.39 bits per heavy atom. The summed E-state index contributed by atoms with van der Waals surface area (Å²) in [6.45, 7) is 1.95. The Morgan fingerprint density at radius 1 is 1.14 bits per heavy atom. The quantitative estimate of drug-likeness (QED) is 0.493. The van der Waals surface area contributed by atoms with E-state index in [4.69, 9.17) is 18.5 Å². The molecule has 10 heteroatoms. The van der Waals surface area contributed by atoms with Crippen molar-refractivity contribution in [2.45, 2.75) is 25.9 Å². The lowest BCUT2D eigenvalue weighted by Crippen LogP contribution is -2.31. The van der Waals surface area contributed by atoms with Crippen LogP contribution in [0.2, 0.25) is 0 Å². The Balaban J connectivity index is 2.24. The maximum Gasteiger partial charge on any atom is 0.344 e. The van der Waals surface area contributed by atoms with Gasteiger partial charge in [0.25, 0.3) is 5.56 Å². The molecule has 152 valence electrons. The summed E-state index contributed by atoms with van der Waals surface area (Å²) in [6, 6.07) is 7.33. The average Bonchev–Trinajstić information content (AvgIpc) is 2.69. The number of rotatable bonds is 9. The summed E-state index contributed by atoms with van der Waals surface area (Å²) < 4.78 is 22.3. The number of methoxy groups -OCH3 is 1. The van der Waals surface area contributed by atoms with Crippen molar-refractivity contribution in [2.24, 2.45) is 0 Å². The maximum absolute atomic E-state index is 12.1. The van der Waals surface area contributed by atoms with E-state index in [9.17, 15) is 14.4 Å². The summed E-state index contributed by atoms with van der Waals surface area (Å²) in [6.07, 6.45) is 1.51. The van der Waals surface area contributed by atoms with Gasteiger partial charge in [-0.15, -0.1) is 0 Å². The van der Waals surface area contributed by atoms with Crippen LogP contribution in [0.5, 0.6) is 0 Å². The van der Waals surface area contributed by atoms with Crippen molar-refractivity contribution in [1.82, 2.24) is 9.55 Å². The van der Waals surface area contributed by atoms with Crippen molar-refractivity contribution in [3.63, 3.8) is 0 Å². The summed E-state index contributed by atoms with van der Waals surface area (Å²) in [4.78, 5) is 37.9. The Labute approximate surface area is 163 Å². The number of carbonyl (C=O) groups excluding carboxylic acids is 1. The number of hydrogen-bond donors (Lipinski definition) is 1. The van der Waals surface area contributed by atoms with E-state index in [0.717, 1.165) is 11.1 Å². The van der Waals surface area contributed by atoms with Gasteiger partial charge in [0.05, 0.1) is 20.3 Å². The molecule has 1 aromatic heterocycles. The third-order valence-electron chi connectivity index (χ3n) is 4.00. The molecule has 0 saturated heterocycles. The molecule has 28 heavy (non-hydrogen) atoms. The molecule has 0 bridgehead atoms. The highest BCUT2D eigenvalue weighted by molar-refractivity contribution is 7.49. The summed E-state index contributed by atoms with van der Waals surface area (Å²) >= 11 is 0. The van der Waals surface area contributed by atoms with Gasteiger partial charge in [-0.1, -0.05) is 24.3 Å². The van der Waals surface area contributed by atoms with Gasteiger partial charge in [0, 0.05) is 26.0 Å². The van der Waals surface area contributed by atoms with E-state index in [0.29, 0.717) is 5.56 Å². The van der Waals surface area contributed by atoms with E-state index >= 15 is 0 Å². The third kappa shape index (κ3) is 5.36. The van der Waals surface area contributed by atoms with Gasteiger partial charge in [0.2, 0.25) is 14.2 Å². The molecule has 2 aromatic rings. The molecule has 0 radical (unpaired) electrons. The Kier molecular flexibility index (Phi) is 8.07. The van der Waals surface area contributed by atoms with Crippen LogP contribution in [0.4, 0.5) is 0 Å². The minimum absolute atomic E-state index is 0.0819. The molecular formula is C18H23N2O7P. The largest absolute Gasteiger partial charge is 0.467 e. The molecule has 0 spiro atoms. The zero-order valence-corrected chi connectivity index (χ0v) is 17.0. The standard InChI is InChI=1S/C18H23N2O7P/c1-12-9-20(18(23)19-15(12)21)10-13-7-5-6-8-14(13)11-27-17(16(22)24-2)28(25-3)26-4/h5-9,17H,10-11H2,1-4H3,(H,19,21,23). The lowest BCUT2D eigenvalue weighted by molar-refractivity contribution is -0.149. The zero-order valence-electron chi connectivity index (χ0n) is 16.1. The van der Waals surface area contributed by atoms with Crippen LogP contribution in [0.25, 0.3) is 0 Å². The molecule has 1 N–H and O–H groups in total. The maximum atomic E-state index is 12.1. The number of ether oxygens (including phenoxy) is 2. The average molecular weight is 410 g/mol. The fourth-order valence-electron chi connectivity index (χ4n) is 2.52. The number of nitrogens with one attached hydrogen (secondary N) is 1. The van der Waals surface area contributed by atoms with E-state index in [1.54, 1.807) is 6.92 Å². The summed E-state index contributed by atoms with van der Waals surface area (Å²) in [5.74, 6) is -1.61. The highest BCUT2D eigenvalue weighted by Gasteiger charge is 2.32. The fourth-order valence-corrected chi connectivity index (χ4v) is 3.53. The predicted molar refractivity (Wildman–Crippen MR) is 103 cm³/mol. The Hall–Kier alpha value is -2.32. The van der Waals surface area contributed by atoms with Crippen molar-refractivity contribution in [3.05, 3.63) is 68.0 Å². The Morgan fingerprint density at radius 2 is 1.79 bits per heavy atom. The second-order valence-corrected chi connectivity index (χ2v) is 7.58. The van der Waals surface area contributed by atoms with Crippen LogP contribution >= 0.6 is 8.38 Å². The van der Waals surface area contributed by atoms with E-state index in [1.165, 1.54) is 32.1 Å². The molecule has 9 nitrogen and oxygen atoms in total. The first-order valence-corrected chi connectivity index (χ1v) is 9.60. The van der Waals surface area contributed by atoms with Gasteiger partial charge in [0.1, 0.15) is 0 Å².